The Morgan fingerprint density at radius 3 is 2.95 bits per heavy atom. The van der Waals surface area contributed by atoms with Crippen LogP contribution < -0.4 is 5.73 Å². The minimum absolute atomic E-state index is 0.252. The average molecular weight is 289 g/mol. The lowest BCUT2D eigenvalue weighted by Gasteiger charge is -2.19. The maximum Gasteiger partial charge on any atom is 0.165 e. The smallest absolute Gasteiger partial charge is 0.165 e. The van der Waals surface area contributed by atoms with Gasteiger partial charge < -0.3 is 10.8 Å². The van der Waals surface area contributed by atoms with Crippen molar-refractivity contribution in [1.82, 2.24) is 0 Å². The Hall–Kier alpha value is -2.17. The number of rotatable bonds is 4. The summed E-state index contributed by atoms with van der Waals surface area (Å²) in [7, 11) is 0. The van der Waals surface area contributed by atoms with Gasteiger partial charge in [0.05, 0.1) is 6.54 Å². The van der Waals surface area contributed by atoms with E-state index in [-0.39, 0.29) is 12.3 Å². The summed E-state index contributed by atoms with van der Waals surface area (Å²) in [4.78, 5) is 8.52. The molecule has 112 valence electrons. The molecule has 2 rings (SSSR count). The second-order valence-corrected chi connectivity index (χ2v) is 5.49. The Morgan fingerprint density at radius 2 is 2.29 bits per heavy atom. The van der Waals surface area contributed by atoms with Gasteiger partial charge in [-0.3, -0.25) is 9.98 Å². The van der Waals surface area contributed by atoms with E-state index in [0.717, 1.165) is 6.42 Å². The first-order valence-electron chi connectivity index (χ1n) is 6.99. The second kappa shape index (κ2) is 6.52. The van der Waals surface area contributed by atoms with Gasteiger partial charge in [0, 0.05) is 6.21 Å². The van der Waals surface area contributed by atoms with Crippen molar-refractivity contribution in [3.63, 3.8) is 0 Å². The highest BCUT2D eigenvalue weighted by Gasteiger charge is 2.15. The van der Waals surface area contributed by atoms with E-state index in [1.165, 1.54) is 12.1 Å². The fourth-order valence-corrected chi connectivity index (χ4v) is 2.11. The van der Waals surface area contributed by atoms with E-state index in [9.17, 15) is 4.39 Å². The minimum Gasteiger partial charge on any atom is -0.505 e. The lowest BCUT2D eigenvalue weighted by molar-refractivity contribution is 0.432. The van der Waals surface area contributed by atoms with Gasteiger partial charge >= 0.3 is 0 Å². The first-order chi connectivity index (χ1) is 9.97. The van der Waals surface area contributed by atoms with Gasteiger partial charge in [-0.1, -0.05) is 26.0 Å². The molecule has 0 fully saturated rings. The van der Waals surface area contributed by atoms with E-state index < -0.39 is 5.82 Å². The third kappa shape index (κ3) is 3.90. The molecule has 0 amide bonds. The first kappa shape index (κ1) is 15.2. The highest BCUT2D eigenvalue weighted by Crippen LogP contribution is 2.22. The number of aromatic hydroxyl groups is 1. The second-order valence-electron chi connectivity index (χ2n) is 5.49. The van der Waals surface area contributed by atoms with Crippen LogP contribution in [0, 0.1) is 17.7 Å². The van der Waals surface area contributed by atoms with Crippen molar-refractivity contribution in [2.24, 2.45) is 27.6 Å². The molecule has 0 radical (unpaired) electrons. The number of hydrogen-bond acceptors (Lipinski definition) is 3. The molecule has 1 aliphatic rings. The zero-order valence-electron chi connectivity index (χ0n) is 12.3. The van der Waals surface area contributed by atoms with Crippen molar-refractivity contribution in [1.29, 1.82) is 0 Å². The van der Waals surface area contributed by atoms with E-state index in [1.807, 2.05) is 12.3 Å². The molecule has 1 atom stereocenters. The average Bonchev–Trinajstić information content (AvgIpc) is 2.48. The highest BCUT2D eigenvalue weighted by atomic mass is 19.1. The molecule has 4 nitrogen and oxygen atoms in total. The number of amidine groups is 1. The van der Waals surface area contributed by atoms with Crippen LogP contribution >= 0.6 is 0 Å². The SMILES string of the molecule is CC(C)C1C=C(C(N)=NCc2ccc(O)c(F)c2)N=CC1. The largest absolute Gasteiger partial charge is 0.505 e. The summed E-state index contributed by atoms with van der Waals surface area (Å²) < 4.78 is 13.2. The number of benzene rings is 1. The predicted octanol–water partition coefficient (Wildman–Crippen LogP) is 3.02. The molecule has 1 aliphatic heterocycles. The third-order valence-electron chi connectivity index (χ3n) is 3.54. The third-order valence-corrected chi connectivity index (χ3v) is 3.54. The fourth-order valence-electron chi connectivity index (χ4n) is 2.11. The molecule has 0 saturated carbocycles. The van der Waals surface area contributed by atoms with Gasteiger partial charge in [-0.2, -0.15) is 0 Å². The summed E-state index contributed by atoms with van der Waals surface area (Å²) >= 11 is 0. The number of phenols is 1. The minimum atomic E-state index is -0.656. The molecule has 3 N–H and O–H groups in total. The summed E-state index contributed by atoms with van der Waals surface area (Å²) in [5.41, 5.74) is 7.28. The Morgan fingerprint density at radius 1 is 1.52 bits per heavy atom. The van der Waals surface area contributed by atoms with Crippen LogP contribution in [0.25, 0.3) is 0 Å². The van der Waals surface area contributed by atoms with E-state index in [1.54, 1.807) is 6.07 Å². The summed E-state index contributed by atoms with van der Waals surface area (Å²) in [6.07, 6.45) is 4.82. The van der Waals surface area contributed by atoms with Crippen LogP contribution in [0.1, 0.15) is 25.8 Å². The molecule has 0 bridgehead atoms. The van der Waals surface area contributed by atoms with E-state index in [0.29, 0.717) is 28.9 Å². The zero-order chi connectivity index (χ0) is 15.4. The van der Waals surface area contributed by atoms with Crippen LogP contribution in [-0.2, 0) is 6.54 Å². The summed E-state index contributed by atoms with van der Waals surface area (Å²) in [5, 5.41) is 9.14. The molecule has 0 aliphatic carbocycles. The number of aliphatic imine (C=N–C) groups is 2. The lowest BCUT2D eigenvalue weighted by atomic mass is 9.90. The standard InChI is InChI=1S/C16H20FN3O/c1-10(2)12-5-6-19-14(8-12)16(18)20-9-11-3-4-15(21)13(17)7-11/h3-4,6-8,10,12,21H,5,9H2,1-2H3,(H2,18,20). The van der Waals surface area contributed by atoms with Gasteiger partial charge in [0.2, 0.25) is 0 Å². The molecule has 1 heterocycles. The Labute approximate surface area is 123 Å². The molecule has 1 aromatic rings. The van der Waals surface area contributed by atoms with Crippen molar-refractivity contribution in [3.05, 3.63) is 41.4 Å². The van der Waals surface area contributed by atoms with Crippen LogP contribution in [0.4, 0.5) is 4.39 Å². The molecular formula is C16H20FN3O. The fraction of sp³-hybridized carbons (Fsp3) is 0.375. The van der Waals surface area contributed by atoms with E-state index >= 15 is 0 Å². The number of phenolic OH excluding ortho intramolecular Hbond substituents is 1. The number of hydrogen-bond donors (Lipinski definition) is 2. The summed E-state index contributed by atoms with van der Waals surface area (Å²) in [6.45, 7) is 4.57. The van der Waals surface area contributed by atoms with E-state index in [2.05, 4.69) is 23.8 Å². The Kier molecular flexibility index (Phi) is 4.73. The highest BCUT2D eigenvalue weighted by molar-refractivity contribution is 5.98. The number of allylic oxidation sites excluding steroid dienone is 1. The van der Waals surface area contributed by atoms with Gasteiger partial charge in [0.1, 0.15) is 11.5 Å². The van der Waals surface area contributed by atoms with Crippen molar-refractivity contribution in [3.8, 4) is 5.75 Å². The van der Waals surface area contributed by atoms with Gasteiger partial charge in [0.15, 0.2) is 11.6 Å². The van der Waals surface area contributed by atoms with Crippen molar-refractivity contribution in [2.75, 3.05) is 0 Å². The van der Waals surface area contributed by atoms with Crippen LogP contribution in [-0.4, -0.2) is 17.2 Å². The number of nitrogens with two attached hydrogens (primary N) is 1. The predicted molar refractivity (Wildman–Crippen MR) is 82.9 cm³/mol. The van der Waals surface area contributed by atoms with Crippen molar-refractivity contribution < 1.29 is 9.50 Å². The lowest BCUT2D eigenvalue weighted by Crippen LogP contribution is -2.19. The van der Waals surface area contributed by atoms with Gasteiger partial charge in [-0.25, -0.2) is 4.39 Å². The van der Waals surface area contributed by atoms with Gasteiger partial charge in [-0.15, -0.1) is 0 Å². The van der Waals surface area contributed by atoms with Crippen molar-refractivity contribution in [2.45, 2.75) is 26.8 Å². The Balaban J connectivity index is 2.10. The molecule has 1 aromatic carbocycles. The normalized spacial score (nSPS) is 19.0. The van der Waals surface area contributed by atoms with E-state index in [4.69, 9.17) is 10.8 Å². The summed E-state index contributed by atoms with van der Waals surface area (Å²) in [6, 6.07) is 4.18. The molecule has 21 heavy (non-hydrogen) atoms. The molecule has 0 aromatic heterocycles. The Bertz CT molecular complexity index is 606. The molecule has 0 spiro atoms. The summed E-state index contributed by atoms with van der Waals surface area (Å²) in [5.74, 6) is 0.263. The molecule has 0 saturated heterocycles. The van der Waals surface area contributed by atoms with Crippen LogP contribution in [0.5, 0.6) is 5.75 Å². The molecule has 5 heteroatoms. The number of nitrogens with zero attached hydrogens (tertiary/aromatic N) is 2. The topological polar surface area (TPSA) is 71.0 Å². The van der Waals surface area contributed by atoms with Crippen molar-refractivity contribution >= 4 is 12.1 Å². The maximum absolute atomic E-state index is 13.2. The quantitative estimate of drug-likeness (QED) is 0.660. The monoisotopic (exact) mass is 289 g/mol. The van der Waals surface area contributed by atoms with Crippen LogP contribution in [0.3, 0.4) is 0 Å². The first-order valence-corrected chi connectivity index (χ1v) is 6.99. The van der Waals surface area contributed by atoms with Gasteiger partial charge in [0.25, 0.3) is 0 Å². The molecular weight excluding hydrogens is 269 g/mol. The van der Waals surface area contributed by atoms with Gasteiger partial charge in [-0.05, 0) is 36.0 Å². The van der Waals surface area contributed by atoms with Crippen LogP contribution in [0.2, 0.25) is 0 Å². The zero-order valence-corrected chi connectivity index (χ0v) is 12.3. The van der Waals surface area contributed by atoms with Crippen LogP contribution in [0.15, 0.2) is 40.0 Å². The number of halogens is 1. The maximum atomic E-state index is 13.2. The molecule has 1 unspecified atom stereocenters.